The van der Waals surface area contributed by atoms with Gasteiger partial charge in [0.25, 0.3) is 0 Å². The van der Waals surface area contributed by atoms with Crippen molar-refractivity contribution in [3.63, 3.8) is 0 Å². The first-order valence-corrected chi connectivity index (χ1v) is 7.42. The van der Waals surface area contributed by atoms with Crippen LogP contribution in [0, 0.1) is 20.8 Å². The molecule has 2 N–H and O–H groups in total. The number of rotatable bonds is 5. The molecule has 0 fully saturated rings. The maximum Gasteiger partial charge on any atom is 0.242 e. The van der Waals surface area contributed by atoms with E-state index in [0.29, 0.717) is 6.54 Å². The number of nitrogens with one attached hydrogen (secondary N) is 2. The Bertz CT molecular complexity index is 652. The van der Waals surface area contributed by atoms with Crippen LogP contribution in [0.15, 0.2) is 24.5 Å². The normalized spacial score (nSPS) is 12.2. The lowest BCUT2D eigenvalue weighted by Gasteiger charge is -2.17. The van der Waals surface area contributed by atoms with E-state index < -0.39 is 0 Å². The number of carbonyl (C=O) groups excluding carboxylic acids is 1. The lowest BCUT2D eigenvalue weighted by molar-refractivity contribution is -0.123. The minimum absolute atomic E-state index is 0.0464. The fraction of sp³-hybridized carbons (Fsp3) is 0.412. The average molecular weight is 300 g/mol. The molecule has 1 amide bonds. The van der Waals surface area contributed by atoms with Crippen molar-refractivity contribution in [2.45, 2.75) is 33.4 Å². The van der Waals surface area contributed by atoms with Crippen LogP contribution in [-0.2, 0) is 18.4 Å². The zero-order valence-corrected chi connectivity index (χ0v) is 13.9. The highest BCUT2D eigenvalue weighted by Gasteiger charge is 2.20. The predicted molar refractivity (Wildman–Crippen MR) is 87.5 cm³/mol. The van der Waals surface area contributed by atoms with Crippen molar-refractivity contribution in [3.8, 4) is 0 Å². The molecule has 5 heteroatoms. The molecule has 2 aromatic rings. The molecule has 5 nitrogen and oxygen atoms in total. The van der Waals surface area contributed by atoms with Crippen LogP contribution in [0.1, 0.15) is 33.9 Å². The average Bonchev–Trinajstić information content (AvgIpc) is 2.84. The molecular weight excluding hydrogens is 276 g/mol. The van der Waals surface area contributed by atoms with Crippen LogP contribution in [-0.4, -0.2) is 22.7 Å². The highest BCUT2D eigenvalue weighted by Crippen LogP contribution is 2.17. The maximum atomic E-state index is 12.4. The monoisotopic (exact) mass is 300 g/mol. The molecule has 1 aromatic heterocycles. The highest BCUT2D eigenvalue weighted by molar-refractivity contribution is 5.83. The summed E-state index contributed by atoms with van der Waals surface area (Å²) in [7, 11) is 3.62. The number of aromatic nitrogens is 2. The predicted octanol–water partition coefficient (Wildman–Crippen LogP) is 1.92. The molecule has 0 aliphatic heterocycles. The van der Waals surface area contributed by atoms with E-state index in [-0.39, 0.29) is 11.9 Å². The Morgan fingerprint density at radius 1 is 1.27 bits per heavy atom. The van der Waals surface area contributed by atoms with E-state index in [0.717, 1.165) is 5.56 Å². The van der Waals surface area contributed by atoms with Crippen LogP contribution in [0.25, 0.3) is 0 Å². The van der Waals surface area contributed by atoms with E-state index in [4.69, 9.17) is 0 Å². The first kappa shape index (κ1) is 16.2. The van der Waals surface area contributed by atoms with Gasteiger partial charge < -0.3 is 10.6 Å². The lowest BCUT2D eigenvalue weighted by atomic mass is 9.99. The van der Waals surface area contributed by atoms with Crippen LogP contribution in [0.2, 0.25) is 0 Å². The topological polar surface area (TPSA) is 59.0 Å². The number of benzene rings is 1. The molecule has 22 heavy (non-hydrogen) atoms. The lowest BCUT2D eigenvalue weighted by Crippen LogP contribution is -2.35. The summed E-state index contributed by atoms with van der Waals surface area (Å²) in [6.45, 7) is 6.79. The smallest absolute Gasteiger partial charge is 0.242 e. The second-order valence-electron chi connectivity index (χ2n) is 5.76. The molecular formula is C17H24N4O. The van der Waals surface area contributed by atoms with Gasteiger partial charge in [-0.15, -0.1) is 0 Å². The summed E-state index contributed by atoms with van der Waals surface area (Å²) < 4.78 is 1.70. The van der Waals surface area contributed by atoms with Crippen LogP contribution in [0.5, 0.6) is 0 Å². The van der Waals surface area contributed by atoms with Crippen LogP contribution in [0.3, 0.4) is 0 Å². The van der Waals surface area contributed by atoms with Crippen molar-refractivity contribution in [2.24, 2.45) is 7.05 Å². The molecule has 1 aromatic carbocycles. The van der Waals surface area contributed by atoms with E-state index in [2.05, 4.69) is 48.6 Å². The molecule has 1 unspecified atom stereocenters. The van der Waals surface area contributed by atoms with Gasteiger partial charge in [0.2, 0.25) is 5.91 Å². The van der Waals surface area contributed by atoms with Gasteiger partial charge >= 0.3 is 0 Å². The Morgan fingerprint density at radius 3 is 2.41 bits per heavy atom. The van der Waals surface area contributed by atoms with Crippen molar-refractivity contribution < 1.29 is 4.79 Å². The van der Waals surface area contributed by atoms with Crippen molar-refractivity contribution in [3.05, 3.63) is 52.3 Å². The summed E-state index contributed by atoms with van der Waals surface area (Å²) >= 11 is 0. The summed E-state index contributed by atoms with van der Waals surface area (Å²) in [5.74, 6) is -0.0464. The van der Waals surface area contributed by atoms with Crippen LogP contribution >= 0.6 is 0 Å². The summed E-state index contributed by atoms with van der Waals surface area (Å²) in [6, 6.07) is 3.90. The van der Waals surface area contributed by atoms with Gasteiger partial charge in [0.15, 0.2) is 0 Å². The van der Waals surface area contributed by atoms with Gasteiger partial charge in [-0.25, -0.2) is 0 Å². The number of likely N-dealkylation sites (N-methyl/N-ethyl adjacent to an activating group) is 1. The SMILES string of the molecule is CNC(C(=O)NCc1c(C)cc(C)cc1C)c1cnn(C)c1. The summed E-state index contributed by atoms with van der Waals surface area (Å²) in [5.41, 5.74) is 5.70. The third-order valence-corrected chi connectivity index (χ3v) is 3.89. The highest BCUT2D eigenvalue weighted by atomic mass is 16.2. The fourth-order valence-corrected chi connectivity index (χ4v) is 2.80. The molecule has 0 spiro atoms. The molecule has 118 valence electrons. The molecule has 0 aliphatic carbocycles. The maximum absolute atomic E-state index is 12.4. The second kappa shape index (κ2) is 6.75. The standard InChI is InChI=1S/C17H24N4O/c1-11-6-12(2)15(13(3)7-11)9-19-17(22)16(18-4)14-8-20-21(5)10-14/h6-8,10,16,18H,9H2,1-5H3,(H,19,22). The summed E-state index contributed by atoms with van der Waals surface area (Å²) in [5, 5.41) is 10.2. The van der Waals surface area contributed by atoms with E-state index in [1.165, 1.54) is 22.3 Å². The zero-order chi connectivity index (χ0) is 16.3. The Hall–Kier alpha value is -2.14. The third-order valence-electron chi connectivity index (χ3n) is 3.89. The molecule has 0 saturated heterocycles. The largest absolute Gasteiger partial charge is 0.350 e. The number of hydrogen-bond donors (Lipinski definition) is 2. The summed E-state index contributed by atoms with van der Waals surface area (Å²) in [6.07, 6.45) is 3.56. The molecule has 0 aliphatic rings. The number of nitrogens with zero attached hydrogens (tertiary/aromatic N) is 2. The molecule has 0 radical (unpaired) electrons. The van der Waals surface area contributed by atoms with E-state index in [1.54, 1.807) is 17.9 Å². The molecule has 0 bridgehead atoms. The van der Waals surface area contributed by atoms with Gasteiger partial charge in [0, 0.05) is 25.4 Å². The van der Waals surface area contributed by atoms with E-state index in [1.807, 2.05) is 13.2 Å². The minimum atomic E-state index is -0.389. The molecule has 2 rings (SSSR count). The van der Waals surface area contributed by atoms with Gasteiger partial charge in [-0.1, -0.05) is 17.7 Å². The first-order chi connectivity index (χ1) is 10.4. The zero-order valence-electron chi connectivity index (χ0n) is 13.9. The van der Waals surface area contributed by atoms with Gasteiger partial charge in [-0.05, 0) is 44.5 Å². The number of amides is 1. The van der Waals surface area contributed by atoms with Crippen molar-refractivity contribution >= 4 is 5.91 Å². The molecule has 0 saturated carbocycles. The number of hydrogen-bond acceptors (Lipinski definition) is 3. The molecule has 1 atom stereocenters. The number of carbonyl (C=O) groups is 1. The Morgan fingerprint density at radius 2 is 1.91 bits per heavy atom. The van der Waals surface area contributed by atoms with Gasteiger partial charge in [0.05, 0.1) is 6.20 Å². The van der Waals surface area contributed by atoms with Crippen molar-refractivity contribution in [2.75, 3.05) is 7.05 Å². The van der Waals surface area contributed by atoms with E-state index in [9.17, 15) is 4.79 Å². The van der Waals surface area contributed by atoms with Gasteiger partial charge in [-0.3, -0.25) is 9.48 Å². The molecule has 1 heterocycles. The Kier molecular flexibility index (Phi) is 4.98. The third kappa shape index (κ3) is 3.54. The first-order valence-electron chi connectivity index (χ1n) is 7.42. The van der Waals surface area contributed by atoms with Crippen molar-refractivity contribution in [1.29, 1.82) is 0 Å². The van der Waals surface area contributed by atoms with Crippen LogP contribution in [0.4, 0.5) is 0 Å². The second-order valence-corrected chi connectivity index (χ2v) is 5.76. The van der Waals surface area contributed by atoms with Crippen molar-refractivity contribution in [1.82, 2.24) is 20.4 Å². The quantitative estimate of drug-likeness (QED) is 0.887. The number of aryl methyl sites for hydroxylation is 4. The fourth-order valence-electron chi connectivity index (χ4n) is 2.80. The summed E-state index contributed by atoms with van der Waals surface area (Å²) in [4.78, 5) is 12.4. The Labute approximate surface area is 131 Å². The Balaban J connectivity index is 2.09. The van der Waals surface area contributed by atoms with Gasteiger partial charge in [0.1, 0.15) is 6.04 Å². The van der Waals surface area contributed by atoms with Gasteiger partial charge in [-0.2, -0.15) is 5.10 Å². The van der Waals surface area contributed by atoms with E-state index >= 15 is 0 Å². The minimum Gasteiger partial charge on any atom is -0.350 e. The van der Waals surface area contributed by atoms with Crippen LogP contribution < -0.4 is 10.6 Å².